The molecule has 0 radical (unpaired) electrons. The van der Waals surface area contributed by atoms with Gasteiger partial charge in [-0.25, -0.2) is 0 Å². The minimum absolute atomic E-state index is 0.285. The molecule has 1 aliphatic carbocycles. The van der Waals surface area contributed by atoms with Gasteiger partial charge in [-0.15, -0.1) is 0 Å². The van der Waals surface area contributed by atoms with E-state index in [2.05, 4.69) is 18.3 Å². The average molecular weight is 249 g/mol. The SMILES string of the molecule is CNC(C)c1ccc(OC)cc1OC1CCCC1. The number of ether oxygens (including phenoxy) is 2. The van der Waals surface area contributed by atoms with Gasteiger partial charge in [-0.05, 0) is 45.7 Å². The molecule has 3 nitrogen and oxygen atoms in total. The largest absolute Gasteiger partial charge is 0.497 e. The molecule has 0 aliphatic heterocycles. The van der Waals surface area contributed by atoms with E-state index in [1.165, 1.54) is 31.2 Å². The molecule has 100 valence electrons. The summed E-state index contributed by atoms with van der Waals surface area (Å²) in [7, 11) is 3.66. The van der Waals surface area contributed by atoms with E-state index < -0.39 is 0 Å². The monoisotopic (exact) mass is 249 g/mol. The highest BCUT2D eigenvalue weighted by Gasteiger charge is 2.19. The predicted molar refractivity (Wildman–Crippen MR) is 73.4 cm³/mol. The van der Waals surface area contributed by atoms with Crippen LogP contribution in [0.2, 0.25) is 0 Å². The standard InChI is InChI=1S/C15H23NO2/c1-11(16-2)14-9-8-13(17-3)10-15(14)18-12-6-4-5-7-12/h8-12,16H,4-7H2,1-3H3. The fraction of sp³-hybridized carbons (Fsp3) is 0.600. The zero-order chi connectivity index (χ0) is 13.0. The minimum atomic E-state index is 0.285. The summed E-state index contributed by atoms with van der Waals surface area (Å²) in [5.74, 6) is 1.82. The summed E-state index contributed by atoms with van der Waals surface area (Å²) in [6, 6.07) is 6.36. The number of hydrogen-bond acceptors (Lipinski definition) is 3. The molecule has 0 heterocycles. The molecular weight excluding hydrogens is 226 g/mol. The van der Waals surface area contributed by atoms with Crippen molar-refractivity contribution in [1.29, 1.82) is 0 Å². The van der Waals surface area contributed by atoms with Crippen LogP contribution < -0.4 is 14.8 Å². The number of hydrogen-bond donors (Lipinski definition) is 1. The molecule has 1 aromatic carbocycles. The van der Waals surface area contributed by atoms with Crippen LogP contribution in [0.3, 0.4) is 0 Å². The normalized spacial score (nSPS) is 17.7. The third kappa shape index (κ3) is 2.96. The first kappa shape index (κ1) is 13.2. The van der Waals surface area contributed by atoms with E-state index in [-0.39, 0.29) is 6.04 Å². The smallest absolute Gasteiger partial charge is 0.128 e. The molecule has 1 unspecified atom stereocenters. The molecule has 0 bridgehead atoms. The number of nitrogens with one attached hydrogen (secondary N) is 1. The number of methoxy groups -OCH3 is 1. The van der Waals surface area contributed by atoms with Crippen LogP contribution in [0.15, 0.2) is 18.2 Å². The molecule has 1 saturated carbocycles. The van der Waals surface area contributed by atoms with Gasteiger partial charge >= 0.3 is 0 Å². The zero-order valence-corrected chi connectivity index (χ0v) is 11.5. The lowest BCUT2D eigenvalue weighted by molar-refractivity contribution is 0.206. The molecule has 0 spiro atoms. The van der Waals surface area contributed by atoms with Crippen molar-refractivity contribution in [1.82, 2.24) is 5.32 Å². The van der Waals surface area contributed by atoms with Crippen molar-refractivity contribution in [2.45, 2.75) is 44.8 Å². The molecule has 0 amide bonds. The van der Waals surface area contributed by atoms with Gasteiger partial charge in [0.15, 0.2) is 0 Å². The lowest BCUT2D eigenvalue weighted by atomic mass is 10.1. The van der Waals surface area contributed by atoms with E-state index in [1.807, 2.05) is 19.2 Å². The maximum absolute atomic E-state index is 6.15. The average Bonchev–Trinajstić information content (AvgIpc) is 2.90. The van der Waals surface area contributed by atoms with Crippen LogP contribution in [0.4, 0.5) is 0 Å². The van der Waals surface area contributed by atoms with E-state index in [0.717, 1.165) is 11.5 Å². The van der Waals surface area contributed by atoms with Crippen molar-refractivity contribution in [3.05, 3.63) is 23.8 Å². The Kier molecular flexibility index (Phi) is 4.48. The summed E-state index contributed by atoms with van der Waals surface area (Å²) < 4.78 is 11.4. The molecule has 0 aromatic heterocycles. The van der Waals surface area contributed by atoms with E-state index in [4.69, 9.17) is 9.47 Å². The Bertz CT molecular complexity index is 386. The van der Waals surface area contributed by atoms with Crippen LogP contribution >= 0.6 is 0 Å². The summed E-state index contributed by atoms with van der Waals surface area (Å²) in [5, 5.41) is 3.26. The second-order valence-corrected chi connectivity index (χ2v) is 4.94. The Morgan fingerprint density at radius 1 is 1.28 bits per heavy atom. The lowest BCUT2D eigenvalue weighted by Gasteiger charge is -2.20. The van der Waals surface area contributed by atoms with Gasteiger partial charge in [0.05, 0.1) is 13.2 Å². The molecule has 2 rings (SSSR count). The van der Waals surface area contributed by atoms with E-state index in [9.17, 15) is 0 Å². The van der Waals surface area contributed by atoms with Gasteiger partial charge in [-0.1, -0.05) is 6.07 Å². The summed E-state index contributed by atoms with van der Waals surface area (Å²) in [5.41, 5.74) is 1.20. The molecule has 1 fully saturated rings. The van der Waals surface area contributed by atoms with Crippen molar-refractivity contribution in [3.8, 4) is 11.5 Å². The van der Waals surface area contributed by atoms with Crippen molar-refractivity contribution in [2.75, 3.05) is 14.2 Å². The Labute approximate surface area is 109 Å². The van der Waals surface area contributed by atoms with Gasteiger partial charge in [0.1, 0.15) is 11.5 Å². The Morgan fingerprint density at radius 3 is 2.61 bits per heavy atom. The summed E-state index contributed by atoms with van der Waals surface area (Å²) in [6.07, 6.45) is 5.28. The third-order valence-electron chi connectivity index (χ3n) is 3.72. The van der Waals surface area contributed by atoms with Crippen molar-refractivity contribution >= 4 is 0 Å². The Balaban J connectivity index is 2.22. The Hall–Kier alpha value is -1.22. The van der Waals surface area contributed by atoms with Gasteiger partial charge in [0.25, 0.3) is 0 Å². The highest BCUT2D eigenvalue weighted by molar-refractivity contribution is 5.42. The first-order chi connectivity index (χ1) is 8.74. The molecule has 1 aromatic rings. The first-order valence-corrected chi connectivity index (χ1v) is 6.76. The molecule has 1 N–H and O–H groups in total. The van der Waals surface area contributed by atoms with Gasteiger partial charge in [-0.3, -0.25) is 0 Å². The minimum Gasteiger partial charge on any atom is -0.497 e. The van der Waals surface area contributed by atoms with Crippen molar-refractivity contribution in [2.24, 2.45) is 0 Å². The first-order valence-electron chi connectivity index (χ1n) is 6.76. The molecule has 1 atom stereocenters. The fourth-order valence-electron chi connectivity index (χ4n) is 2.44. The van der Waals surface area contributed by atoms with Crippen molar-refractivity contribution in [3.63, 3.8) is 0 Å². The quantitative estimate of drug-likeness (QED) is 0.868. The Morgan fingerprint density at radius 2 is 2.00 bits per heavy atom. The van der Waals surface area contributed by atoms with Crippen LogP contribution in [0, 0.1) is 0 Å². The third-order valence-corrected chi connectivity index (χ3v) is 3.72. The maximum atomic E-state index is 6.15. The van der Waals surface area contributed by atoms with Crippen LogP contribution in [0.1, 0.15) is 44.2 Å². The predicted octanol–water partition coefficient (Wildman–Crippen LogP) is 3.30. The zero-order valence-electron chi connectivity index (χ0n) is 11.5. The van der Waals surface area contributed by atoms with Gasteiger partial charge < -0.3 is 14.8 Å². The molecule has 0 saturated heterocycles. The molecule has 1 aliphatic rings. The van der Waals surface area contributed by atoms with E-state index in [1.54, 1.807) is 7.11 Å². The lowest BCUT2D eigenvalue weighted by Crippen LogP contribution is -2.17. The molecular formula is C15H23NO2. The maximum Gasteiger partial charge on any atom is 0.128 e. The number of rotatable bonds is 5. The fourth-order valence-corrected chi connectivity index (χ4v) is 2.44. The second-order valence-electron chi connectivity index (χ2n) is 4.94. The summed E-state index contributed by atoms with van der Waals surface area (Å²) >= 11 is 0. The van der Waals surface area contributed by atoms with Crippen molar-refractivity contribution < 1.29 is 9.47 Å². The van der Waals surface area contributed by atoms with Gasteiger partial charge in [0, 0.05) is 17.7 Å². The van der Waals surface area contributed by atoms with Crippen LogP contribution in [0.5, 0.6) is 11.5 Å². The summed E-state index contributed by atoms with van der Waals surface area (Å²) in [6.45, 7) is 2.14. The van der Waals surface area contributed by atoms with Gasteiger partial charge in [0.2, 0.25) is 0 Å². The van der Waals surface area contributed by atoms with Gasteiger partial charge in [-0.2, -0.15) is 0 Å². The highest BCUT2D eigenvalue weighted by Crippen LogP contribution is 2.32. The summed E-state index contributed by atoms with van der Waals surface area (Å²) in [4.78, 5) is 0. The van der Waals surface area contributed by atoms with Crippen LogP contribution in [0.25, 0.3) is 0 Å². The van der Waals surface area contributed by atoms with Crippen LogP contribution in [-0.2, 0) is 0 Å². The molecule has 18 heavy (non-hydrogen) atoms. The topological polar surface area (TPSA) is 30.5 Å². The number of benzene rings is 1. The highest BCUT2D eigenvalue weighted by atomic mass is 16.5. The second kappa shape index (κ2) is 6.10. The molecule has 3 heteroatoms. The van der Waals surface area contributed by atoms with Crippen LogP contribution in [-0.4, -0.2) is 20.3 Å². The van der Waals surface area contributed by atoms with E-state index in [0.29, 0.717) is 6.10 Å². The van der Waals surface area contributed by atoms with E-state index >= 15 is 0 Å².